The molecule has 0 spiro atoms. The van der Waals surface area contributed by atoms with Crippen LogP contribution >= 0.6 is 0 Å². The van der Waals surface area contributed by atoms with Crippen molar-refractivity contribution in [1.29, 1.82) is 0 Å². The van der Waals surface area contributed by atoms with Gasteiger partial charge in [0.25, 0.3) is 0 Å². The Kier molecular flexibility index (Phi) is 4.75. The molecule has 0 saturated carbocycles. The number of nitrogens with zero attached hydrogens (tertiary/aromatic N) is 2. The summed E-state index contributed by atoms with van der Waals surface area (Å²) in [6.45, 7) is 4.23. The number of carbonyl (C=O) groups excluding carboxylic acids is 1. The third kappa shape index (κ3) is 3.75. The van der Waals surface area contributed by atoms with Gasteiger partial charge in [0.05, 0.1) is 6.20 Å². The van der Waals surface area contributed by atoms with Crippen molar-refractivity contribution in [2.45, 2.75) is 25.7 Å². The van der Waals surface area contributed by atoms with Crippen LogP contribution in [0.2, 0.25) is 0 Å². The molecule has 116 valence electrons. The summed E-state index contributed by atoms with van der Waals surface area (Å²) in [6.07, 6.45) is 7.92. The van der Waals surface area contributed by atoms with Gasteiger partial charge >= 0.3 is 6.03 Å². The molecule has 0 radical (unpaired) electrons. The number of amides is 2. The number of aromatic amines is 1. The number of nitrogens with one attached hydrogen (secondary N) is 2. The summed E-state index contributed by atoms with van der Waals surface area (Å²) in [7, 11) is 0. The molecule has 3 rings (SSSR count). The van der Waals surface area contributed by atoms with Crippen LogP contribution in [0.25, 0.3) is 0 Å². The molecule has 0 aliphatic carbocycles. The van der Waals surface area contributed by atoms with E-state index >= 15 is 0 Å². The number of H-pyrrole nitrogens is 1. The summed E-state index contributed by atoms with van der Waals surface area (Å²) >= 11 is 0. The highest BCUT2D eigenvalue weighted by molar-refractivity contribution is 5.74. The van der Waals surface area contributed by atoms with E-state index in [1.165, 1.54) is 0 Å². The number of carbonyl (C=O) groups is 1. The van der Waals surface area contributed by atoms with Crippen molar-refractivity contribution in [3.63, 3.8) is 0 Å². The first-order chi connectivity index (χ1) is 10.3. The minimum Gasteiger partial charge on any atom is -0.381 e. The van der Waals surface area contributed by atoms with Crippen LogP contribution in [0.5, 0.6) is 0 Å². The van der Waals surface area contributed by atoms with Crippen molar-refractivity contribution in [3.8, 4) is 0 Å². The highest BCUT2D eigenvalue weighted by Crippen LogP contribution is 2.30. The summed E-state index contributed by atoms with van der Waals surface area (Å²) in [5.41, 5.74) is 1.12. The van der Waals surface area contributed by atoms with Crippen molar-refractivity contribution in [2.24, 2.45) is 11.8 Å². The Bertz CT molecular complexity index is 443. The van der Waals surface area contributed by atoms with E-state index in [1.54, 1.807) is 6.20 Å². The molecule has 2 saturated heterocycles. The van der Waals surface area contributed by atoms with E-state index in [-0.39, 0.29) is 6.03 Å². The lowest BCUT2D eigenvalue weighted by atomic mass is 9.85. The second-order valence-electron chi connectivity index (χ2n) is 6.03. The number of hydrogen-bond donors (Lipinski definition) is 2. The summed E-state index contributed by atoms with van der Waals surface area (Å²) in [5.74, 6) is 1.40. The largest absolute Gasteiger partial charge is 0.381 e. The summed E-state index contributed by atoms with van der Waals surface area (Å²) in [4.78, 5) is 14.1. The molecule has 1 atom stereocenters. The molecule has 6 heteroatoms. The van der Waals surface area contributed by atoms with E-state index in [9.17, 15) is 4.79 Å². The monoisotopic (exact) mass is 292 g/mol. The van der Waals surface area contributed by atoms with Crippen molar-refractivity contribution < 1.29 is 9.53 Å². The molecule has 2 aliphatic heterocycles. The lowest BCUT2D eigenvalue weighted by Crippen LogP contribution is -2.40. The molecular weight excluding hydrogens is 268 g/mol. The fraction of sp³-hybridized carbons (Fsp3) is 0.733. The maximum absolute atomic E-state index is 12.2. The predicted molar refractivity (Wildman–Crippen MR) is 78.9 cm³/mol. The highest BCUT2D eigenvalue weighted by Gasteiger charge is 2.32. The molecule has 2 N–H and O–H groups in total. The SMILES string of the molecule is O=C(NCCc1cn[nH]c1)N1CCC(C2CCOCC2)C1. The topological polar surface area (TPSA) is 70.2 Å². The standard InChI is InChI=1S/C15H24N4O2/c20-15(16-5-1-12-9-17-18-10-12)19-6-2-14(11-19)13-3-7-21-8-4-13/h9-10,13-14H,1-8,11H2,(H,16,20)(H,17,18). The van der Waals surface area contributed by atoms with Gasteiger partial charge in [0.1, 0.15) is 0 Å². The smallest absolute Gasteiger partial charge is 0.317 e. The molecule has 1 aromatic rings. The third-order valence-corrected chi connectivity index (χ3v) is 4.69. The maximum atomic E-state index is 12.2. The van der Waals surface area contributed by atoms with E-state index in [0.29, 0.717) is 12.5 Å². The molecule has 3 heterocycles. The van der Waals surface area contributed by atoms with Gasteiger partial charge in [0, 0.05) is 39.0 Å². The fourth-order valence-electron chi connectivity index (χ4n) is 3.38. The van der Waals surface area contributed by atoms with E-state index in [2.05, 4.69) is 15.5 Å². The molecule has 1 aromatic heterocycles. The molecule has 2 amide bonds. The summed E-state index contributed by atoms with van der Waals surface area (Å²) < 4.78 is 5.42. The van der Waals surface area contributed by atoms with Gasteiger partial charge < -0.3 is 15.0 Å². The van der Waals surface area contributed by atoms with Crippen molar-refractivity contribution in [1.82, 2.24) is 20.4 Å². The number of aromatic nitrogens is 2. The van der Waals surface area contributed by atoms with Gasteiger partial charge in [-0.2, -0.15) is 5.10 Å². The Morgan fingerprint density at radius 1 is 1.38 bits per heavy atom. The molecular formula is C15H24N4O2. The second kappa shape index (κ2) is 6.93. The number of ether oxygens (including phenoxy) is 1. The zero-order valence-electron chi connectivity index (χ0n) is 12.4. The predicted octanol–water partition coefficient (Wildman–Crippen LogP) is 1.41. The molecule has 0 bridgehead atoms. The van der Waals surface area contributed by atoms with Gasteiger partial charge in [-0.1, -0.05) is 0 Å². The molecule has 6 nitrogen and oxygen atoms in total. The van der Waals surface area contributed by atoms with Crippen molar-refractivity contribution in [2.75, 3.05) is 32.8 Å². The van der Waals surface area contributed by atoms with Crippen molar-refractivity contribution in [3.05, 3.63) is 18.0 Å². The molecule has 21 heavy (non-hydrogen) atoms. The Morgan fingerprint density at radius 3 is 3.00 bits per heavy atom. The summed E-state index contributed by atoms with van der Waals surface area (Å²) in [6, 6.07) is 0.0769. The number of urea groups is 1. The van der Waals surface area contributed by atoms with E-state index < -0.39 is 0 Å². The Labute approximate surface area is 125 Å². The normalized spacial score (nSPS) is 23.4. The van der Waals surface area contributed by atoms with E-state index in [0.717, 1.165) is 63.5 Å². The number of rotatable bonds is 4. The van der Waals surface area contributed by atoms with Crippen LogP contribution in [0.15, 0.2) is 12.4 Å². The lowest BCUT2D eigenvalue weighted by molar-refractivity contribution is 0.0484. The highest BCUT2D eigenvalue weighted by atomic mass is 16.5. The third-order valence-electron chi connectivity index (χ3n) is 4.69. The maximum Gasteiger partial charge on any atom is 0.317 e. The second-order valence-corrected chi connectivity index (χ2v) is 6.03. The lowest BCUT2D eigenvalue weighted by Gasteiger charge is -2.27. The van der Waals surface area contributed by atoms with Crippen LogP contribution < -0.4 is 5.32 Å². The van der Waals surface area contributed by atoms with Gasteiger partial charge in [-0.05, 0) is 43.1 Å². The van der Waals surface area contributed by atoms with Gasteiger partial charge in [-0.15, -0.1) is 0 Å². The van der Waals surface area contributed by atoms with Crippen LogP contribution in [0.3, 0.4) is 0 Å². The molecule has 2 fully saturated rings. The molecule has 0 aromatic carbocycles. The van der Waals surface area contributed by atoms with Gasteiger partial charge in [0.2, 0.25) is 0 Å². The first kappa shape index (κ1) is 14.4. The van der Waals surface area contributed by atoms with Crippen LogP contribution in [0.4, 0.5) is 4.79 Å². The first-order valence-corrected chi connectivity index (χ1v) is 7.91. The van der Waals surface area contributed by atoms with E-state index in [1.807, 2.05) is 11.1 Å². The van der Waals surface area contributed by atoms with Crippen LogP contribution in [-0.2, 0) is 11.2 Å². The first-order valence-electron chi connectivity index (χ1n) is 7.91. The van der Waals surface area contributed by atoms with Gasteiger partial charge in [-0.3, -0.25) is 5.10 Å². The number of likely N-dealkylation sites (tertiary alicyclic amines) is 1. The fourth-order valence-corrected chi connectivity index (χ4v) is 3.38. The zero-order chi connectivity index (χ0) is 14.5. The average Bonchev–Trinajstić information content (AvgIpc) is 3.20. The van der Waals surface area contributed by atoms with E-state index in [4.69, 9.17) is 4.74 Å². The minimum absolute atomic E-state index is 0.0769. The quantitative estimate of drug-likeness (QED) is 0.881. The molecule has 2 aliphatic rings. The van der Waals surface area contributed by atoms with Crippen LogP contribution in [0, 0.1) is 11.8 Å². The van der Waals surface area contributed by atoms with Crippen LogP contribution in [0.1, 0.15) is 24.8 Å². The Hall–Kier alpha value is -1.56. The van der Waals surface area contributed by atoms with Gasteiger partial charge in [-0.25, -0.2) is 4.79 Å². The van der Waals surface area contributed by atoms with Crippen molar-refractivity contribution >= 4 is 6.03 Å². The Morgan fingerprint density at radius 2 is 2.24 bits per heavy atom. The zero-order valence-corrected chi connectivity index (χ0v) is 12.4. The average molecular weight is 292 g/mol. The number of hydrogen-bond acceptors (Lipinski definition) is 3. The van der Waals surface area contributed by atoms with Crippen LogP contribution in [-0.4, -0.2) is 54.0 Å². The minimum atomic E-state index is 0.0769. The Balaban J connectivity index is 1.39. The summed E-state index contributed by atoms with van der Waals surface area (Å²) in [5, 5.41) is 9.69. The van der Waals surface area contributed by atoms with Gasteiger partial charge in [0.15, 0.2) is 0 Å². The molecule has 1 unspecified atom stereocenters.